The number of H-pyrrole nitrogens is 1. The van der Waals surface area contributed by atoms with Crippen molar-refractivity contribution in [1.82, 2.24) is 25.3 Å². The Morgan fingerprint density at radius 1 is 1.25 bits per heavy atom. The standard InChI is InChI=1S/C8H8N6S.ClH/c1-2-10-8(9-1)15-7-5-6(12-3-11-5)13-4-14-7;/h3-4H,1-2H2,(H,9,10)(H,11,12,13,14);1H. The van der Waals surface area contributed by atoms with Gasteiger partial charge >= 0.3 is 0 Å². The zero-order valence-corrected chi connectivity index (χ0v) is 9.81. The van der Waals surface area contributed by atoms with Crippen LogP contribution in [-0.4, -0.2) is 38.2 Å². The number of nitrogens with zero attached hydrogens (tertiary/aromatic N) is 4. The predicted octanol–water partition coefficient (Wildman–Crippen LogP) is 0.826. The summed E-state index contributed by atoms with van der Waals surface area (Å²) < 4.78 is 0. The molecule has 1 aliphatic heterocycles. The molecule has 0 radical (unpaired) electrons. The van der Waals surface area contributed by atoms with E-state index in [1.54, 1.807) is 6.33 Å². The molecule has 0 fully saturated rings. The van der Waals surface area contributed by atoms with Gasteiger partial charge in [0.2, 0.25) is 0 Å². The predicted molar refractivity (Wildman–Crippen MR) is 65.1 cm³/mol. The van der Waals surface area contributed by atoms with Crippen LogP contribution >= 0.6 is 24.2 Å². The number of fused-ring (bicyclic) bond motifs is 1. The smallest absolute Gasteiger partial charge is 0.181 e. The fourth-order valence-electron chi connectivity index (χ4n) is 1.36. The monoisotopic (exact) mass is 256 g/mol. The van der Waals surface area contributed by atoms with Gasteiger partial charge in [-0.05, 0) is 11.8 Å². The van der Waals surface area contributed by atoms with E-state index in [2.05, 4.69) is 30.2 Å². The number of aromatic nitrogens is 4. The molecule has 3 heterocycles. The van der Waals surface area contributed by atoms with Crippen molar-refractivity contribution in [3.05, 3.63) is 12.7 Å². The summed E-state index contributed by atoms with van der Waals surface area (Å²) in [6.45, 7) is 1.74. The first kappa shape index (κ1) is 11.2. The highest BCUT2D eigenvalue weighted by atomic mass is 35.5. The highest BCUT2D eigenvalue weighted by molar-refractivity contribution is 8.14. The molecule has 0 aliphatic carbocycles. The number of nitrogens with one attached hydrogen (secondary N) is 2. The third-order valence-corrected chi connectivity index (χ3v) is 2.99. The van der Waals surface area contributed by atoms with Gasteiger partial charge in [0.1, 0.15) is 16.9 Å². The van der Waals surface area contributed by atoms with Crippen LogP contribution in [0.5, 0.6) is 0 Å². The van der Waals surface area contributed by atoms with Crippen LogP contribution in [0.25, 0.3) is 11.2 Å². The Bertz CT molecular complexity index is 524. The van der Waals surface area contributed by atoms with E-state index in [4.69, 9.17) is 0 Å². The number of thioether (sulfide) groups is 1. The lowest BCUT2D eigenvalue weighted by molar-refractivity contribution is 0.963. The van der Waals surface area contributed by atoms with Gasteiger partial charge < -0.3 is 10.3 Å². The maximum Gasteiger partial charge on any atom is 0.181 e. The van der Waals surface area contributed by atoms with Gasteiger partial charge in [-0.1, -0.05) is 0 Å². The Morgan fingerprint density at radius 2 is 2.19 bits per heavy atom. The number of halogens is 1. The van der Waals surface area contributed by atoms with Crippen LogP contribution < -0.4 is 5.32 Å². The molecule has 3 rings (SSSR count). The minimum Gasteiger partial charge on any atom is -0.363 e. The first-order valence-corrected chi connectivity index (χ1v) is 5.35. The van der Waals surface area contributed by atoms with Crippen LogP contribution in [0.2, 0.25) is 0 Å². The molecule has 84 valence electrons. The number of amidine groups is 1. The summed E-state index contributed by atoms with van der Waals surface area (Å²) in [4.78, 5) is 19.6. The molecular weight excluding hydrogens is 248 g/mol. The number of hydrogen-bond acceptors (Lipinski definition) is 6. The molecule has 0 saturated heterocycles. The first-order chi connectivity index (χ1) is 7.43. The summed E-state index contributed by atoms with van der Waals surface area (Å²) in [6.07, 6.45) is 3.13. The average Bonchev–Trinajstić information content (AvgIpc) is 2.87. The van der Waals surface area contributed by atoms with Crippen LogP contribution in [0.1, 0.15) is 0 Å². The lowest BCUT2D eigenvalue weighted by atomic mass is 10.6. The molecule has 2 N–H and O–H groups in total. The van der Waals surface area contributed by atoms with Crippen LogP contribution in [0.3, 0.4) is 0 Å². The summed E-state index contributed by atoms with van der Waals surface area (Å²) in [5.41, 5.74) is 1.55. The Kier molecular flexibility index (Phi) is 3.25. The fraction of sp³-hybridized carbons (Fsp3) is 0.250. The van der Waals surface area contributed by atoms with E-state index in [-0.39, 0.29) is 12.4 Å². The molecule has 0 saturated carbocycles. The number of hydrogen-bond donors (Lipinski definition) is 2. The lowest BCUT2D eigenvalue weighted by Crippen LogP contribution is -2.15. The van der Waals surface area contributed by atoms with E-state index >= 15 is 0 Å². The van der Waals surface area contributed by atoms with Gasteiger partial charge in [-0.2, -0.15) is 0 Å². The molecule has 0 bridgehead atoms. The van der Waals surface area contributed by atoms with Crippen molar-refractivity contribution in [2.24, 2.45) is 4.99 Å². The highest BCUT2D eigenvalue weighted by Crippen LogP contribution is 2.22. The topological polar surface area (TPSA) is 78.9 Å². The summed E-state index contributed by atoms with van der Waals surface area (Å²) >= 11 is 1.50. The number of imidazole rings is 1. The highest BCUT2D eigenvalue weighted by Gasteiger charge is 2.12. The van der Waals surface area contributed by atoms with Gasteiger partial charge in [0, 0.05) is 6.54 Å². The molecule has 0 atom stereocenters. The van der Waals surface area contributed by atoms with Crippen molar-refractivity contribution in [3.8, 4) is 0 Å². The Morgan fingerprint density at radius 3 is 3.00 bits per heavy atom. The summed E-state index contributed by atoms with van der Waals surface area (Å²) in [6, 6.07) is 0. The lowest BCUT2D eigenvalue weighted by Gasteiger charge is -2.00. The van der Waals surface area contributed by atoms with Crippen LogP contribution in [0.4, 0.5) is 0 Å². The van der Waals surface area contributed by atoms with Gasteiger partial charge in [-0.15, -0.1) is 12.4 Å². The quantitative estimate of drug-likeness (QED) is 0.739. The SMILES string of the molecule is Cl.c1nc(SC2=NCCN2)c2[nH]cnc2n1. The van der Waals surface area contributed by atoms with E-state index in [1.807, 2.05) is 0 Å². The summed E-state index contributed by atoms with van der Waals surface area (Å²) in [7, 11) is 0. The summed E-state index contributed by atoms with van der Waals surface area (Å²) in [5, 5.41) is 4.94. The van der Waals surface area contributed by atoms with Gasteiger partial charge in [-0.3, -0.25) is 4.99 Å². The zero-order chi connectivity index (χ0) is 10.1. The minimum absolute atomic E-state index is 0. The summed E-state index contributed by atoms with van der Waals surface area (Å²) in [5.74, 6) is 0. The third kappa shape index (κ3) is 1.96. The average molecular weight is 257 g/mol. The number of rotatable bonds is 1. The van der Waals surface area contributed by atoms with E-state index in [9.17, 15) is 0 Å². The molecule has 2 aromatic rings. The molecule has 1 aliphatic rings. The Hall–Kier alpha value is -1.34. The van der Waals surface area contributed by atoms with Crippen LogP contribution in [0.15, 0.2) is 22.7 Å². The molecule has 0 amide bonds. The fourth-order valence-corrected chi connectivity index (χ4v) is 2.22. The van der Waals surface area contributed by atoms with E-state index < -0.39 is 0 Å². The molecule has 8 heteroatoms. The Labute approximate surface area is 102 Å². The molecular formula is C8H9ClN6S. The third-order valence-electron chi connectivity index (χ3n) is 2.02. The maximum atomic E-state index is 4.30. The normalized spacial score (nSPS) is 14.4. The molecule has 16 heavy (non-hydrogen) atoms. The minimum atomic E-state index is 0. The van der Waals surface area contributed by atoms with Crippen molar-refractivity contribution >= 4 is 40.5 Å². The van der Waals surface area contributed by atoms with Gasteiger partial charge in [-0.25, -0.2) is 15.0 Å². The first-order valence-electron chi connectivity index (χ1n) is 4.54. The molecule has 0 spiro atoms. The maximum absolute atomic E-state index is 4.30. The van der Waals surface area contributed by atoms with E-state index in [0.717, 1.165) is 28.8 Å². The van der Waals surface area contributed by atoms with Crippen LogP contribution in [0, 0.1) is 0 Å². The molecule has 0 aromatic carbocycles. The largest absolute Gasteiger partial charge is 0.363 e. The van der Waals surface area contributed by atoms with Crippen molar-refractivity contribution in [3.63, 3.8) is 0 Å². The zero-order valence-electron chi connectivity index (χ0n) is 8.17. The second-order valence-electron chi connectivity index (χ2n) is 3.00. The number of aromatic amines is 1. The van der Waals surface area contributed by atoms with Gasteiger partial charge in [0.25, 0.3) is 0 Å². The van der Waals surface area contributed by atoms with Crippen molar-refractivity contribution in [1.29, 1.82) is 0 Å². The van der Waals surface area contributed by atoms with Gasteiger partial charge in [0.05, 0.1) is 12.9 Å². The van der Waals surface area contributed by atoms with Crippen LogP contribution in [-0.2, 0) is 0 Å². The molecule has 0 unspecified atom stereocenters. The van der Waals surface area contributed by atoms with E-state index in [1.165, 1.54) is 18.1 Å². The number of aliphatic imine (C=N–C) groups is 1. The second kappa shape index (κ2) is 4.67. The molecule has 6 nitrogen and oxygen atoms in total. The van der Waals surface area contributed by atoms with Crippen molar-refractivity contribution in [2.45, 2.75) is 5.03 Å². The Balaban J connectivity index is 0.000000963. The van der Waals surface area contributed by atoms with Gasteiger partial charge in [0.15, 0.2) is 10.8 Å². The second-order valence-corrected chi connectivity index (χ2v) is 3.97. The van der Waals surface area contributed by atoms with Crippen molar-refractivity contribution < 1.29 is 0 Å². The van der Waals surface area contributed by atoms with Crippen molar-refractivity contribution in [2.75, 3.05) is 13.1 Å². The van der Waals surface area contributed by atoms with E-state index in [0.29, 0.717) is 5.65 Å². The molecule has 2 aromatic heterocycles.